The Kier molecular flexibility index (Phi) is 6.55. The molecule has 0 aliphatic heterocycles. The highest BCUT2D eigenvalue weighted by Gasteiger charge is 2.31. The minimum atomic E-state index is -4.47. The smallest absolute Gasteiger partial charge is 0.416 e. The van der Waals surface area contributed by atoms with E-state index in [2.05, 4.69) is 0 Å². The molecular formula is C21H21F3O3. The zero-order valence-electron chi connectivity index (χ0n) is 15.3. The van der Waals surface area contributed by atoms with Gasteiger partial charge in [0.1, 0.15) is 12.4 Å². The van der Waals surface area contributed by atoms with E-state index in [9.17, 15) is 18.3 Å². The third-order valence-electron chi connectivity index (χ3n) is 3.67. The number of ether oxygens (including phenoxy) is 2. The Bertz CT molecular complexity index is 848. The molecule has 0 saturated carbocycles. The highest BCUT2D eigenvalue weighted by Crippen LogP contribution is 2.33. The molecule has 0 spiro atoms. The Hall–Kier alpha value is -2.89. The standard InChI is InChI=1S/C21H21F3O3/c1-14(2)8-9-27-18-11-16(10-17(13-18)21(22,23)24)5-4-15-6-7-19(25)20(12-15)26-3/h4-8,10-13,25H,9H2,1-3H3. The van der Waals surface area contributed by atoms with E-state index in [0.717, 1.165) is 17.7 Å². The van der Waals surface area contributed by atoms with Crippen LogP contribution in [0.15, 0.2) is 48.0 Å². The molecule has 0 radical (unpaired) electrons. The molecule has 0 amide bonds. The number of allylic oxidation sites excluding steroid dienone is 1. The molecule has 3 nitrogen and oxygen atoms in total. The summed E-state index contributed by atoms with van der Waals surface area (Å²) in [4.78, 5) is 0. The second kappa shape index (κ2) is 8.66. The van der Waals surface area contributed by atoms with Gasteiger partial charge in [0.05, 0.1) is 12.7 Å². The predicted octanol–water partition coefficient (Wildman–Crippen LogP) is 5.94. The molecule has 2 rings (SSSR count). The molecule has 0 fully saturated rings. The van der Waals surface area contributed by atoms with Crippen LogP contribution in [0.1, 0.15) is 30.5 Å². The minimum absolute atomic E-state index is 0.0105. The number of halogens is 3. The molecule has 27 heavy (non-hydrogen) atoms. The number of hydrogen-bond donors (Lipinski definition) is 1. The van der Waals surface area contributed by atoms with Crippen molar-refractivity contribution in [2.24, 2.45) is 0 Å². The number of rotatable bonds is 6. The molecule has 6 heteroatoms. The Balaban J connectivity index is 2.32. The molecule has 0 unspecified atom stereocenters. The highest BCUT2D eigenvalue weighted by molar-refractivity contribution is 5.72. The van der Waals surface area contributed by atoms with E-state index in [1.165, 1.54) is 13.2 Å². The summed E-state index contributed by atoms with van der Waals surface area (Å²) in [7, 11) is 1.42. The van der Waals surface area contributed by atoms with E-state index in [0.29, 0.717) is 11.1 Å². The van der Waals surface area contributed by atoms with Crippen LogP contribution in [0.25, 0.3) is 12.2 Å². The number of alkyl halides is 3. The van der Waals surface area contributed by atoms with Crippen LogP contribution < -0.4 is 9.47 Å². The SMILES string of the molecule is COc1cc(C=Cc2cc(OCC=C(C)C)cc(C(F)(F)F)c2)ccc1O. The summed E-state index contributed by atoms with van der Waals surface area (Å²) in [5.74, 6) is 0.417. The molecule has 0 heterocycles. The number of hydrogen-bond acceptors (Lipinski definition) is 3. The second-order valence-corrected chi connectivity index (χ2v) is 6.15. The molecule has 1 N–H and O–H groups in total. The zero-order chi connectivity index (χ0) is 20.0. The second-order valence-electron chi connectivity index (χ2n) is 6.15. The van der Waals surface area contributed by atoms with Gasteiger partial charge in [-0.2, -0.15) is 13.2 Å². The van der Waals surface area contributed by atoms with Crippen molar-refractivity contribution in [1.29, 1.82) is 0 Å². The number of aromatic hydroxyl groups is 1. The molecule has 2 aromatic carbocycles. The van der Waals surface area contributed by atoms with Crippen LogP contribution in [0.5, 0.6) is 17.2 Å². The lowest BCUT2D eigenvalue weighted by Crippen LogP contribution is -2.06. The predicted molar refractivity (Wildman–Crippen MR) is 100.0 cm³/mol. The van der Waals surface area contributed by atoms with Gasteiger partial charge in [0.15, 0.2) is 11.5 Å². The Morgan fingerprint density at radius 1 is 1.04 bits per heavy atom. The van der Waals surface area contributed by atoms with Gasteiger partial charge in [0.2, 0.25) is 0 Å². The third kappa shape index (κ3) is 6.09. The van der Waals surface area contributed by atoms with Gasteiger partial charge < -0.3 is 14.6 Å². The maximum atomic E-state index is 13.2. The van der Waals surface area contributed by atoms with Crippen LogP contribution in [-0.2, 0) is 6.18 Å². The topological polar surface area (TPSA) is 38.7 Å². The van der Waals surface area contributed by atoms with Crippen LogP contribution >= 0.6 is 0 Å². The van der Waals surface area contributed by atoms with Crippen LogP contribution in [-0.4, -0.2) is 18.8 Å². The first-order valence-electron chi connectivity index (χ1n) is 8.22. The van der Waals surface area contributed by atoms with Crippen LogP contribution in [0.3, 0.4) is 0 Å². The summed E-state index contributed by atoms with van der Waals surface area (Å²) >= 11 is 0. The van der Waals surface area contributed by atoms with Gasteiger partial charge in [-0.25, -0.2) is 0 Å². The monoisotopic (exact) mass is 378 g/mol. The van der Waals surface area contributed by atoms with Gasteiger partial charge in [0.25, 0.3) is 0 Å². The van der Waals surface area contributed by atoms with Crippen molar-refractivity contribution in [1.82, 2.24) is 0 Å². The number of methoxy groups -OCH3 is 1. The average Bonchev–Trinajstić information content (AvgIpc) is 2.60. The maximum Gasteiger partial charge on any atom is 0.416 e. The molecule has 0 bridgehead atoms. The van der Waals surface area contributed by atoms with Crippen molar-refractivity contribution in [2.75, 3.05) is 13.7 Å². The third-order valence-corrected chi connectivity index (χ3v) is 3.67. The summed E-state index contributed by atoms with van der Waals surface area (Å²) in [5, 5.41) is 9.61. The quantitative estimate of drug-likeness (QED) is 0.500. The fourth-order valence-corrected chi connectivity index (χ4v) is 2.26. The van der Waals surface area contributed by atoms with Gasteiger partial charge in [-0.05, 0) is 61.4 Å². The Morgan fingerprint density at radius 2 is 1.74 bits per heavy atom. The van der Waals surface area contributed by atoms with E-state index >= 15 is 0 Å². The summed E-state index contributed by atoms with van der Waals surface area (Å²) in [6.07, 6.45) is 0.505. The highest BCUT2D eigenvalue weighted by atomic mass is 19.4. The fourth-order valence-electron chi connectivity index (χ4n) is 2.26. The molecular weight excluding hydrogens is 357 g/mol. The maximum absolute atomic E-state index is 13.2. The fraction of sp³-hybridized carbons (Fsp3) is 0.238. The molecule has 144 valence electrons. The summed E-state index contributed by atoms with van der Waals surface area (Å²) in [6, 6.07) is 8.27. The van der Waals surface area contributed by atoms with Crippen molar-refractivity contribution in [3.8, 4) is 17.2 Å². The van der Waals surface area contributed by atoms with Crippen molar-refractivity contribution in [3.05, 3.63) is 64.7 Å². The van der Waals surface area contributed by atoms with Crippen molar-refractivity contribution >= 4 is 12.2 Å². The minimum Gasteiger partial charge on any atom is -0.504 e. The molecule has 0 atom stereocenters. The largest absolute Gasteiger partial charge is 0.504 e. The molecule has 0 aliphatic rings. The first kappa shape index (κ1) is 20.4. The van der Waals surface area contributed by atoms with E-state index in [4.69, 9.17) is 9.47 Å². The lowest BCUT2D eigenvalue weighted by atomic mass is 10.1. The van der Waals surface area contributed by atoms with Crippen molar-refractivity contribution < 1.29 is 27.8 Å². The summed E-state index contributed by atoms with van der Waals surface area (Å²) < 4.78 is 50.0. The molecule has 2 aromatic rings. The lowest BCUT2D eigenvalue weighted by molar-refractivity contribution is -0.137. The first-order valence-corrected chi connectivity index (χ1v) is 8.22. The number of benzene rings is 2. The molecule has 0 aliphatic carbocycles. The molecule has 0 aromatic heterocycles. The van der Waals surface area contributed by atoms with Gasteiger partial charge in [-0.1, -0.05) is 23.8 Å². The summed E-state index contributed by atoms with van der Waals surface area (Å²) in [6.45, 7) is 3.97. The normalized spacial score (nSPS) is 11.5. The van der Waals surface area contributed by atoms with Gasteiger partial charge >= 0.3 is 6.18 Å². The van der Waals surface area contributed by atoms with Crippen molar-refractivity contribution in [2.45, 2.75) is 20.0 Å². The van der Waals surface area contributed by atoms with Crippen LogP contribution in [0, 0.1) is 0 Å². The molecule has 0 saturated heterocycles. The Morgan fingerprint density at radius 3 is 2.37 bits per heavy atom. The van der Waals surface area contributed by atoms with E-state index < -0.39 is 11.7 Å². The van der Waals surface area contributed by atoms with Gasteiger partial charge in [-0.15, -0.1) is 0 Å². The van der Waals surface area contributed by atoms with Gasteiger partial charge in [-0.3, -0.25) is 0 Å². The summed E-state index contributed by atoms with van der Waals surface area (Å²) in [5.41, 5.74) is 1.27. The van der Waals surface area contributed by atoms with Gasteiger partial charge in [0, 0.05) is 0 Å². The lowest BCUT2D eigenvalue weighted by Gasteiger charge is -2.11. The average molecular weight is 378 g/mol. The van der Waals surface area contributed by atoms with E-state index in [1.807, 2.05) is 13.8 Å². The van der Waals surface area contributed by atoms with E-state index in [1.54, 1.807) is 36.4 Å². The van der Waals surface area contributed by atoms with E-state index in [-0.39, 0.29) is 23.9 Å². The van der Waals surface area contributed by atoms with Crippen LogP contribution in [0.4, 0.5) is 13.2 Å². The first-order chi connectivity index (χ1) is 12.7. The number of phenols is 1. The number of phenolic OH excluding ortho intramolecular Hbond substituents is 1. The Labute approximate surface area is 156 Å². The van der Waals surface area contributed by atoms with Crippen molar-refractivity contribution in [3.63, 3.8) is 0 Å². The zero-order valence-corrected chi connectivity index (χ0v) is 15.3. The van der Waals surface area contributed by atoms with Crippen LogP contribution in [0.2, 0.25) is 0 Å².